The van der Waals surface area contributed by atoms with Crippen LogP contribution in [0.25, 0.3) is 0 Å². The van der Waals surface area contributed by atoms with Gasteiger partial charge < -0.3 is 14.2 Å². The van der Waals surface area contributed by atoms with Gasteiger partial charge in [-0.05, 0) is 42.0 Å². The Kier molecular flexibility index (Phi) is 7.88. The fourth-order valence-corrected chi connectivity index (χ4v) is 2.77. The summed E-state index contributed by atoms with van der Waals surface area (Å²) in [5.41, 5.74) is 5.96. The van der Waals surface area contributed by atoms with Gasteiger partial charge >= 0.3 is 0 Å². The summed E-state index contributed by atoms with van der Waals surface area (Å²) in [4.78, 5) is 24.6. The van der Waals surface area contributed by atoms with Crippen LogP contribution < -0.4 is 25.1 Å². The molecule has 2 amide bonds. The molecule has 0 aliphatic rings. The highest BCUT2D eigenvalue weighted by Crippen LogP contribution is 2.18. The molecule has 0 spiro atoms. The highest BCUT2D eigenvalue weighted by Gasteiger charge is 2.13. The first-order valence-corrected chi connectivity index (χ1v) is 9.77. The first kappa shape index (κ1) is 21.7. The van der Waals surface area contributed by atoms with Gasteiger partial charge in [-0.1, -0.05) is 42.5 Å². The second kappa shape index (κ2) is 11.3. The van der Waals surface area contributed by atoms with Crippen LogP contribution in [-0.4, -0.2) is 32.1 Å². The van der Waals surface area contributed by atoms with Crippen molar-refractivity contribution in [1.29, 1.82) is 0 Å². The molecule has 0 aromatic heterocycles. The molecule has 0 saturated carbocycles. The van der Waals surface area contributed by atoms with Crippen molar-refractivity contribution in [2.75, 3.05) is 20.3 Å². The number of nitrogens with one attached hydrogen (secondary N) is 2. The third kappa shape index (κ3) is 6.78. The lowest BCUT2D eigenvalue weighted by atomic mass is 10.1. The van der Waals surface area contributed by atoms with E-state index in [2.05, 4.69) is 10.9 Å². The van der Waals surface area contributed by atoms with E-state index in [1.165, 1.54) is 0 Å². The molecule has 2 N–H and O–H groups in total. The Labute approximate surface area is 180 Å². The Morgan fingerprint density at radius 3 is 2.16 bits per heavy atom. The summed E-state index contributed by atoms with van der Waals surface area (Å²) >= 11 is 0. The number of hydrogen-bond acceptors (Lipinski definition) is 5. The number of carbonyl (C=O) groups excluding carboxylic acids is 2. The Balaban J connectivity index is 1.47. The predicted octanol–water partition coefficient (Wildman–Crippen LogP) is 3.16. The van der Waals surface area contributed by atoms with Crippen molar-refractivity contribution in [3.05, 3.63) is 90.0 Å². The molecule has 0 fully saturated rings. The number of hydrazine groups is 1. The summed E-state index contributed by atoms with van der Waals surface area (Å²) in [6.45, 7) is 0.599. The number of hydrogen-bond donors (Lipinski definition) is 2. The van der Waals surface area contributed by atoms with E-state index < -0.39 is 5.91 Å². The van der Waals surface area contributed by atoms with Crippen LogP contribution in [0.15, 0.2) is 78.9 Å². The number of carbonyl (C=O) groups is 2. The molecule has 160 valence electrons. The minimum absolute atomic E-state index is 0.124. The van der Waals surface area contributed by atoms with E-state index in [0.29, 0.717) is 23.7 Å². The predicted molar refractivity (Wildman–Crippen MR) is 116 cm³/mol. The van der Waals surface area contributed by atoms with Gasteiger partial charge in [0.05, 0.1) is 19.1 Å². The molecule has 0 atom stereocenters. The Hall–Kier alpha value is -4.00. The number of amides is 2. The van der Waals surface area contributed by atoms with Crippen molar-refractivity contribution in [1.82, 2.24) is 10.9 Å². The maximum Gasteiger partial charge on any atom is 0.273 e. The van der Waals surface area contributed by atoms with E-state index in [-0.39, 0.29) is 18.9 Å². The standard InChI is InChI=1S/C24H24N2O5/c1-29-19-13-11-18(12-14-19)17-23(27)25-26-24(28)21-9-5-6-10-22(21)31-16-15-30-20-7-3-2-4-8-20/h2-14H,15-17H2,1H3,(H,25,27)(H,26,28). The zero-order chi connectivity index (χ0) is 21.9. The van der Waals surface area contributed by atoms with Crippen LogP contribution in [0.3, 0.4) is 0 Å². The zero-order valence-electron chi connectivity index (χ0n) is 17.2. The van der Waals surface area contributed by atoms with Crippen molar-refractivity contribution in [2.24, 2.45) is 0 Å². The Bertz CT molecular complexity index is 990. The third-order valence-corrected chi connectivity index (χ3v) is 4.32. The zero-order valence-corrected chi connectivity index (χ0v) is 17.2. The highest BCUT2D eigenvalue weighted by atomic mass is 16.5. The number of para-hydroxylation sites is 2. The van der Waals surface area contributed by atoms with E-state index in [1.807, 2.05) is 30.3 Å². The molecule has 0 unspecified atom stereocenters. The van der Waals surface area contributed by atoms with E-state index in [9.17, 15) is 9.59 Å². The summed E-state index contributed by atoms with van der Waals surface area (Å²) in [5, 5.41) is 0. The summed E-state index contributed by atoms with van der Waals surface area (Å²) in [6, 6.07) is 23.3. The number of benzene rings is 3. The van der Waals surface area contributed by atoms with Gasteiger partial charge in [0.25, 0.3) is 5.91 Å². The lowest BCUT2D eigenvalue weighted by Crippen LogP contribution is -2.42. The molecular weight excluding hydrogens is 396 g/mol. The monoisotopic (exact) mass is 420 g/mol. The van der Waals surface area contributed by atoms with Crippen molar-refractivity contribution < 1.29 is 23.8 Å². The Morgan fingerprint density at radius 1 is 0.742 bits per heavy atom. The van der Waals surface area contributed by atoms with Crippen LogP contribution in [0.4, 0.5) is 0 Å². The number of methoxy groups -OCH3 is 1. The van der Waals surface area contributed by atoms with E-state index in [1.54, 1.807) is 55.6 Å². The molecule has 3 rings (SSSR count). The molecule has 0 aliphatic carbocycles. The van der Waals surface area contributed by atoms with E-state index in [4.69, 9.17) is 14.2 Å². The maximum absolute atomic E-state index is 12.5. The van der Waals surface area contributed by atoms with Crippen LogP contribution in [0.5, 0.6) is 17.2 Å². The average molecular weight is 420 g/mol. The molecule has 3 aromatic carbocycles. The Morgan fingerprint density at radius 2 is 1.42 bits per heavy atom. The molecule has 7 heteroatoms. The van der Waals surface area contributed by atoms with Gasteiger partial charge in [0, 0.05) is 0 Å². The molecule has 0 saturated heterocycles. The van der Waals surface area contributed by atoms with Gasteiger partial charge in [-0.25, -0.2) is 0 Å². The van der Waals surface area contributed by atoms with Gasteiger partial charge in [-0.2, -0.15) is 0 Å². The molecule has 0 aliphatic heterocycles. The van der Waals surface area contributed by atoms with Gasteiger partial charge in [0.1, 0.15) is 30.5 Å². The van der Waals surface area contributed by atoms with Crippen molar-refractivity contribution in [3.8, 4) is 17.2 Å². The van der Waals surface area contributed by atoms with Crippen LogP contribution in [-0.2, 0) is 11.2 Å². The van der Waals surface area contributed by atoms with Crippen LogP contribution >= 0.6 is 0 Å². The highest BCUT2D eigenvalue weighted by molar-refractivity contribution is 5.97. The van der Waals surface area contributed by atoms with E-state index >= 15 is 0 Å². The smallest absolute Gasteiger partial charge is 0.273 e. The lowest BCUT2D eigenvalue weighted by Gasteiger charge is -2.13. The average Bonchev–Trinajstić information content (AvgIpc) is 2.82. The third-order valence-electron chi connectivity index (χ3n) is 4.32. The topological polar surface area (TPSA) is 85.9 Å². The fourth-order valence-electron chi connectivity index (χ4n) is 2.77. The minimum Gasteiger partial charge on any atom is -0.497 e. The SMILES string of the molecule is COc1ccc(CC(=O)NNC(=O)c2ccccc2OCCOc2ccccc2)cc1. The first-order valence-electron chi connectivity index (χ1n) is 9.77. The molecule has 0 radical (unpaired) electrons. The summed E-state index contributed by atoms with van der Waals surface area (Å²) < 4.78 is 16.4. The molecule has 0 heterocycles. The molecule has 0 bridgehead atoms. The quantitative estimate of drug-likeness (QED) is 0.410. The lowest BCUT2D eigenvalue weighted by molar-refractivity contribution is -0.121. The fraction of sp³-hybridized carbons (Fsp3) is 0.167. The normalized spacial score (nSPS) is 10.1. The second-order valence-corrected chi connectivity index (χ2v) is 6.53. The van der Waals surface area contributed by atoms with Gasteiger partial charge in [0.15, 0.2) is 0 Å². The van der Waals surface area contributed by atoms with Crippen LogP contribution in [0, 0.1) is 0 Å². The molecule has 31 heavy (non-hydrogen) atoms. The second-order valence-electron chi connectivity index (χ2n) is 6.53. The number of ether oxygens (including phenoxy) is 3. The number of rotatable bonds is 9. The first-order chi connectivity index (χ1) is 15.2. The van der Waals surface area contributed by atoms with E-state index in [0.717, 1.165) is 11.3 Å². The summed E-state index contributed by atoms with van der Waals surface area (Å²) in [7, 11) is 1.58. The molecule has 7 nitrogen and oxygen atoms in total. The van der Waals surface area contributed by atoms with Crippen molar-refractivity contribution in [2.45, 2.75) is 6.42 Å². The van der Waals surface area contributed by atoms with Gasteiger partial charge in [-0.3, -0.25) is 20.4 Å². The van der Waals surface area contributed by atoms with Gasteiger partial charge in [0.2, 0.25) is 5.91 Å². The summed E-state index contributed by atoms with van der Waals surface area (Å²) in [5.74, 6) is 1.05. The van der Waals surface area contributed by atoms with Crippen LogP contribution in [0.2, 0.25) is 0 Å². The molecular formula is C24H24N2O5. The largest absolute Gasteiger partial charge is 0.497 e. The van der Waals surface area contributed by atoms with Crippen LogP contribution in [0.1, 0.15) is 15.9 Å². The molecule has 3 aromatic rings. The maximum atomic E-state index is 12.5. The van der Waals surface area contributed by atoms with Gasteiger partial charge in [-0.15, -0.1) is 0 Å². The summed E-state index contributed by atoms with van der Waals surface area (Å²) in [6.07, 6.45) is 0.124. The van der Waals surface area contributed by atoms with Crippen molar-refractivity contribution in [3.63, 3.8) is 0 Å². The minimum atomic E-state index is -0.470. The van der Waals surface area contributed by atoms with Crippen molar-refractivity contribution >= 4 is 11.8 Å².